The van der Waals surface area contributed by atoms with Crippen LogP contribution in [0.5, 0.6) is 0 Å². The molecule has 0 radical (unpaired) electrons. The Hall–Kier alpha value is -2.78. The van der Waals surface area contributed by atoms with Gasteiger partial charge in [0.2, 0.25) is 0 Å². The molecule has 0 aliphatic heterocycles. The van der Waals surface area contributed by atoms with Crippen LogP contribution in [0.25, 0.3) is 0 Å². The summed E-state index contributed by atoms with van der Waals surface area (Å²) in [5, 5.41) is 4.30. The third kappa shape index (κ3) is 5.78. The molecule has 0 heterocycles. The predicted octanol–water partition coefficient (Wildman–Crippen LogP) is 1.68. The molecule has 0 atom stereocenters. The number of ether oxygens (including phenoxy) is 1. The van der Waals surface area contributed by atoms with Crippen LogP contribution in [0.3, 0.4) is 0 Å². The number of carbonyl (C=O) groups is 3. The molecule has 132 valence electrons. The minimum Gasteiger partial charge on any atom is -0.452 e. The van der Waals surface area contributed by atoms with E-state index in [1.807, 2.05) is 5.32 Å². The number of amides is 3. The summed E-state index contributed by atoms with van der Waals surface area (Å²) in [5.74, 6) is -1.98. The second-order valence-electron chi connectivity index (χ2n) is 5.05. The fourth-order valence-corrected chi connectivity index (χ4v) is 1.59. The van der Waals surface area contributed by atoms with Crippen LogP contribution in [0.15, 0.2) is 18.2 Å². The number of rotatable bonds is 4. The summed E-state index contributed by atoms with van der Waals surface area (Å²) in [6.07, 6.45) is -4.60. The van der Waals surface area contributed by atoms with Gasteiger partial charge in [-0.3, -0.25) is 10.1 Å². The Morgan fingerprint density at radius 1 is 1.25 bits per heavy atom. The molecule has 0 spiro atoms. The number of nitrogens with two attached hydrogens (primary N) is 1. The minimum absolute atomic E-state index is 0.202. The minimum atomic E-state index is -4.60. The lowest BCUT2D eigenvalue weighted by atomic mass is 10.1. The third-order valence-electron chi connectivity index (χ3n) is 2.61. The molecule has 0 bridgehead atoms. The van der Waals surface area contributed by atoms with Crippen LogP contribution >= 0.6 is 0 Å². The highest BCUT2D eigenvalue weighted by atomic mass is 19.4. The van der Waals surface area contributed by atoms with Gasteiger partial charge in [0.25, 0.3) is 5.91 Å². The van der Waals surface area contributed by atoms with Gasteiger partial charge >= 0.3 is 18.2 Å². The second-order valence-corrected chi connectivity index (χ2v) is 5.05. The highest BCUT2D eigenvalue weighted by Gasteiger charge is 2.31. The molecular formula is C14H16F3N3O4. The molecule has 1 aromatic rings. The van der Waals surface area contributed by atoms with Crippen LogP contribution in [0.1, 0.15) is 29.8 Å². The van der Waals surface area contributed by atoms with E-state index in [2.05, 4.69) is 10.1 Å². The molecular weight excluding hydrogens is 331 g/mol. The molecule has 0 fully saturated rings. The molecule has 7 nitrogen and oxygen atoms in total. The molecule has 0 aliphatic rings. The Morgan fingerprint density at radius 2 is 1.88 bits per heavy atom. The first-order chi connectivity index (χ1) is 11.0. The summed E-state index contributed by atoms with van der Waals surface area (Å²) in [5.41, 5.74) is 3.63. The molecule has 0 unspecified atom stereocenters. The maximum absolute atomic E-state index is 12.5. The quantitative estimate of drug-likeness (QED) is 0.567. The van der Waals surface area contributed by atoms with Crippen molar-refractivity contribution in [3.8, 4) is 0 Å². The van der Waals surface area contributed by atoms with Gasteiger partial charge in [-0.05, 0) is 32.0 Å². The molecule has 24 heavy (non-hydrogen) atoms. The van der Waals surface area contributed by atoms with E-state index in [1.54, 1.807) is 13.8 Å². The Labute approximate surface area is 135 Å². The summed E-state index contributed by atoms with van der Waals surface area (Å²) < 4.78 is 42.1. The fraction of sp³-hybridized carbons (Fsp3) is 0.357. The number of esters is 1. The summed E-state index contributed by atoms with van der Waals surface area (Å²) in [6, 6.07) is 1.15. The van der Waals surface area contributed by atoms with Gasteiger partial charge in [0.05, 0.1) is 11.1 Å². The van der Waals surface area contributed by atoms with Crippen LogP contribution in [0.4, 0.5) is 23.7 Å². The van der Waals surface area contributed by atoms with E-state index < -0.39 is 41.9 Å². The van der Waals surface area contributed by atoms with E-state index in [0.717, 1.165) is 6.07 Å². The monoisotopic (exact) mass is 347 g/mol. The van der Waals surface area contributed by atoms with Gasteiger partial charge in [0.1, 0.15) is 0 Å². The van der Waals surface area contributed by atoms with E-state index >= 15 is 0 Å². The van der Waals surface area contributed by atoms with Gasteiger partial charge in [-0.25, -0.2) is 9.59 Å². The predicted molar refractivity (Wildman–Crippen MR) is 77.9 cm³/mol. The Kier molecular flexibility index (Phi) is 6.15. The van der Waals surface area contributed by atoms with E-state index in [0.29, 0.717) is 12.1 Å². The molecule has 4 N–H and O–H groups in total. The molecule has 0 saturated carbocycles. The second kappa shape index (κ2) is 7.66. The molecule has 10 heteroatoms. The molecule has 0 aliphatic carbocycles. The first kappa shape index (κ1) is 19.3. The first-order valence-corrected chi connectivity index (χ1v) is 6.75. The van der Waals surface area contributed by atoms with Crippen molar-refractivity contribution in [3.63, 3.8) is 0 Å². The van der Waals surface area contributed by atoms with Gasteiger partial charge in [-0.1, -0.05) is 0 Å². The Morgan fingerprint density at radius 3 is 2.38 bits per heavy atom. The van der Waals surface area contributed by atoms with Crippen molar-refractivity contribution in [1.82, 2.24) is 10.6 Å². The van der Waals surface area contributed by atoms with Crippen molar-refractivity contribution < 1.29 is 32.3 Å². The lowest BCUT2D eigenvalue weighted by molar-refractivity contribution is -0.137. The van der Waals surface area contributed by atoms with E-state index in [9.17, 15) is 27.6 Å². The number of benzene rings is 1. The summed E-state index contributed by atoms with van der Waals surface area (Å²) in [7, 11) is 0. The van der Waals surface area contributed by atoms with Gasteiger partial charge in [0, 0.05) is 11.7 Å². The number of anilines is 1. The lowest BCUT2D eigenvalue weighted by Gasteiger charge is -2.11. The van der Waals surface area contributed by atoms with Crippen molar-refractivity contribution in [3.05, 3.63) is 29.3 Å². The van der Waals surface area contributed by atoms with Gasteiger partial charge in [-0.15, -0.1) is 0 Å². The molecule has 3 amide bonds. The maximum Gasteiger partial charge on any atom is 0.416 e. The van der Waals surface area contributed by atoms with Crippen LogP contribution in [-0.4, -0.2) is 30.6 Å². The van der Waals surface area contributed by atoms with Gasteiger partial charge < -0.3 is 15.8 Å². The van der Waals surface area contributed by atoms with E-state index in [-0.39, 0.29) is 11.6 Å². The SMILES string of the molecule is CC(C)NC(=O)NC(=O)COC(=O)c1ccc(C(F)(F)F)cc1N. The number of nitrogen functional groups attached to an aromatic ring is 1. The van der Waals surface area contributed by atoms with Crippen LogP contribution in [0, 0.1) is 0 Å². The van der Waals surface area contributed by atoms with Crippen molar-refractivity contribution in [1.29, 1.82) is 0 Å². The largest absolute Gasteiger partial charge is 0.452 e. The number of nitrogens with one attached hydrogen (secondary N) is 2. The molecule has 1 rings (SSSR count). The molecule has 1 aromatic carbocycles. The summed E-state index contributed by atoms with van der Waals surface area (Å²) in [6.45, 7) is 2.57. The lowest BCUT2D eigenvalue weighted by Crippen LogP contribution is -2.44. The van der Waals surface area contributed by atoms with E-state index in [4.69, 9.17) is 5.73 Å². The molecule has 0 saturated heterocycles. The van der Waals surface area contributed by atoms with Gasteiger partial charge in [0.15, 0.2) is 6.61 Å². The highest BCUT2D eigenvalue weighted by Crippen LogP contribution is 2.31. The zero-order chi connectivity index (χ0) is 18.5. The van der Waals surface area contributed by atoms with Crippen molar-refractivity contribution in [2.75, 3.05) is 12.3 Å². The summed E-state index contributed by atoms with van der Waals surface area (Å²) >= 11 is 0. The van der Waals surface area contributed by atoms with Crippen LogP contribution in [0.2, 0.25) is 0 Å². The van der Waals surface area contributed by atoms with Crippen LogP contribution < -0.4 is 16.4 Å². The molecule has 0 aromatic heterocycles. The normalized spacial score (nSPS) is 11.1. The Bertz CT molecular complexity index is 645. The number of carbonyl (C=O) groups excluding carboxylic acids is 3. The van der Waals surface area contributed by atoms with Gasteiger partial charge in [-0.2, -0.15) is 13.2 Å². The number of halogens is 3. The van der Waals surface area contributed by atoms with Crippen molar-refractivity contribution in [2.24, 2.45) is 0 Å². The van der Waals surface area contributed by atoms with Crippen molar-refractivity contribution in [2.45, 2.75) is 26.1 Å². The smallest absolute Gasteiger partial charge is 0.416 e. The fourth-order valence-electron chi connectivity index (χ4n) is 1.59. The maximum atomic E-state index is 12.5. The number of hydrogen-bond donors (Lipinski definition) is 3. The first-order valence-electron chi connectivity index (χ1n) is 6.75. The topological polar surface area (TPSA) is 111 Å². The van der Waals surface area contributed by atoms with Crippen LogP contribution in [-0.2, 0) is 15.7 Å². The Balaban J connectivity index is 2.63. The number of alkyl halides is 3. The number of imide groups is 1. The summed E-state index contributed by atoms with van der Waals surface area (Å²) in [4.78, 5) is 34.4. The average Bonchev–Trinajstić information content (AvgIpc) is 2.42. The van der Waals surface area contributed by atoms with Crippen molar-refractivity contribution >= 4 is 23.6 Å². The van der Waals surface area contributed by atoms with E-state index in [1.165, 1.54) is 0 Å². The zero-order valence-electron chi connectivity index (χ0n) is 12.9. The number of hydrogen-bond acceptors (Lipinski definition) is 5. The number of urea groups is 1. The average molecular weight is 347 g/mol. The zero-order valence-corrected chi connectivity index (χ0v) is 12.9. The highest BCUT2D eigenvalue weighted by molar-refractivity contribution is 5.98. The standard InChI is InChI=1S/C14H16F3N3O4/c1-7(2)19-13(23)20-11(21)6-24-12(22)9-4-3-8(5-10(9)18)14(15,16)17/h3-5,7H,6,18H2,1-2H3,(H2,19,20,21,23). The third-order valence-corrected chi connectivity index (χ3v) is 2.61.